The summed E-state index contributed by atoms with van der Waals surface area (Å²) in [6, 6.07) is 20.3. The Morgan fingerprint density at radius 3 is 2.52 bits per heavy atom. The fraction of sp³-hybridized carbons (Fsp3) is 0.136. The number of nitrogens with one attached hydrogen (secondary N) is 1. The number of benzene rings is 3. The molecule has 3 aromatic carbocycles. The second-order valence-electron chi connectivity index (χ2n) is 6.55. The number of thioether (sulfide) groups is 1. The van der Waals surface area contributed by atoms with Crippen molar-refractivity contribution in [2.75, 3.05) is 12.4 Å². The molecule has 0 aromatic heterocycles. The Labute approximate surface area is 171 Å². The zero-order chi connectivity index (χ0) is 20.4. The number of hydrogen-bond donors (Lipinski definition) is 1. The van der Waals surface area contributed by atoms with Crippen LogP contribution in [0.5, 0.6) is 0 Å². The molecule has 29 heavy (non-hydrogen) atoms. The molecule has 0 spiro atoms. The molecule has 1 fully saturated rings. The van der Waals surface area contributed by atoms with Crippen LogP contribution in [0, 0.1) is 0 Å². The standard InChI is InChI=1S/C22H18N2O4S/c1-28-21(26)16-11-9-14(10-12-16)13-24-20(25)19(29-22(24)27)23-18-8-4-6-15-5-2-3-7-17(15)18/h2-12,19,23H,13H2,1H3/t19-/m1/s1. The Hall–Kier alpha value is -3.32. The van der Waals surface area contributed by atoms with Gasteiger partial charge >= 0.3 is 5.97 Å². The number of methoxy groups -OCH3 is 1. The molecule has 1 aliphatic rings. The van der Waals surface area contributed by atoms with Crippen LogP contribution in [0.4, 0.5) is 10.5 Å². The summed E-state index contributed by atoms with van der Waals surface area (Å²) in [6.45, 7) is 0.153. The molecule has 6 nitrogen and oxygen atoms in total. The van der Waals surface area contributed by atoms with Crippen LogP contribution >= 0.6 is 11.8 Å². The Kier molecular flexibility index (Phi) is 5.22. The predicted molar refractivity (Wildman–Crippen MR) is 113 cm³/mol. The minimum atomic E-state index is -0.678. The Bertz CT molecular complexity index is 1090. The van der Waals surface area contributed by atoms with E-state index in [-0.39, 0.29) is 17.7 Å². The SMILES string of the molecule is COC(=O)c1ccc(CN2C(=O)S[C@@H](Nc3cccc4ccccc34)C2=O)cc1. The molecule has 1 atom stereocenters. The lowest BCUT2D eigenvalue weighted by Crippen LogP contribution is -2.34. The average molecular weight is 406 g/mol. The molecule has 3 aromatic rings. The lowest BCUT2D eigenvalue weighted by molar-refractivity contribution is -0.126. The number of carbonyl (C=O) groups is 3. The molecule has 0 unspecified atom stereocenters. The van der Waals surface area contributed by atoms with Crippen molar-refractivity contribution in [1.82, 2.24) is 4.90 Å². The van der Waals surface area contributed by atoms with Crippen molar-refractivity contribution in [3.63, 3.8) is 0 Å². The highest BCUT2D eigenvalue weighted by molar-refractivity contribution is 8.15. The van der Waals surface area contributed by atoms with E-state index in [1.54, 1.807) is 24.3 Å². The van der Waals surface area contributed by atoms with E-state index in [0.29, 0.717) is 5.56 Å². The van der Waals surface area contributed by atoms with Gasteiger partial charge in [0, 0.05) is 11.1 Å². The molecule has 1 aliphatic heterocycles. The number of ether oxygens (including phenoxy) is 1. The van der Waals surface area contributed by atoms with Gasteiger partial charge < -0.3 is 10.1 Å². The monoisotopic (exact) mass is 406 g/mol. The summed E-state index contributed by atoms with van der Waals surface area (Å²) in [7, 11) is 1.32. The summed E-state index contributed by atoms with van der Waals surface area (Å²) in [4.78, 5) is 38.0. The summed E-state index contributed by atoms with van der Waals surface area (Å²) in [5.74, 6) is -0.718. The van der Waals surface area contributed by atoms with Crippen LogP contribution in [0.3, 0.4) is 0 Å². The van der Waals surface area contributed by atoms with Crippen molar-refractivity contribution >= 4 is 45.3 Å². The third-order valence-corrected chi connectivity index (χ3v) is 5.70. The zero-order valence-corrected chi connectivity index (χ0v) is 16.4. The van der Waals surface area contributed by atoms with E-state index < -0.39 is 11.3 Å². The van der Waals surface area contributed by atoms with E-state index in [0.717, 1.165) is 33.8 Å². The average Bonchev–Trinajstić information content (AvgIpc) is 3.01. The van der Waals surface area contributed by atoms with Crippen molar-refractivity contribution in [3.8, 4) is 0 Å². The van der Waals surface area contributed by atoms with Gasteiger partial charge in [0.2, 0.25) is 0 Å². The highest BCUT2D eigenvalue weighted by Crippen LogP contribution is 2.32. The molecule has 0 bridgehead atoms. The quantitative estimate of drug-likeness (QED) is 0.638. The second-order valence-corrected chi connectivity index (χ2v) is 7.60. The van der Waals surface area contributed by atoms with E-state index >= 15 is 0 Å². The van der Waals surface area contributed by atoms with Crippen molar-refractivity contribution in [2.45, 2.75) is 11.9 Å². The summed E-state index contributed by atoms with van der Waals surface area (Å²) >= 11 is 0.968. The molecule has 146 valence electrons. The minimum absolute atomic E-state index is 0.153. The van der Waals surface area contributed by atoms with Gasteiger partial charge in [0.15, 0.2) is 5.37 Å². The summed E-state index contributed by atoms with van der Waals surface area (Å²) in [6.07, 6.45) is 0. The first-order valence-corrected chi connectivity index (χ1v) is 9.88. The number of imide groups is 1. The van der Waals surface area contributed by atoms with E-state index in [1.165, 1.54) is 12.0 Å². The largest absolute Gasteiger partial charge is 0.465 e. The number of nitrogens with zero attached hydrogens (tertiary/aromatic N) is 1. The molecule has 1 N–H and O–H groups in total. The maximum atomic E-state index is 12.8. The van der Waals surface area contributed by atoms with Gasteiger partial charge in [0.05, 0.1) is 19.2 Å². The van der Waals surface area contributed by atoms with Gasteiger partial charge in [-0.15, -0.1) is 0 Å². The van der Waals surface area contributed by atoms with Crippen molar-refractivity contribution in [2.24, 2.45) is 0 Å². The van der Waals surface area contributed by atoms with Gasteiger partial charge in [-0.3, -0.25) is 14.5 Å². The molecular formula is C22H18N2O4S. The summed E-state index contributed by atoms with van der Waals surface area (Å²) in [5.41, 5.74) is 1.98. The zero-order valence-electron chi connectivity index (χ0n) is 15.6. The Morgan fingerprint density at radius 1 is 1.03 bits per heavy atom. The van der Waals surface area contributed by atoms with E-state index in [4.69, 9.17) is 0 Å². The van der Waals surface area contributed by atoms with Crippen LogP contribution in [-0.4, -0.2) is 34.5 Å². The minimum Gasteiger partial charge on any atom is -0.465 e. The highest BCUT2D eigenvalue weighted by atomic mass is 32.2. The normalized spacial score (nSPS) is 16.3. The number of fused-ring (bicyclic) bond motifs is 1. The van der Waals surface area contributed by atoms with Crippen molar-refractivity contribution in [3.05, 3.63) is 77.9 Å². The Balaban J connectivity index is 1.49. The Morgan fingerprint density at radius 2 is 1.76 bits per heavy atom. The fourth-order valence-corrected chi connectivity index (χ4v) is 4.12. The van der Waals surface area contributed by atoms with Gasteiger partial charge in [0.25, 0.3) is 11.1 Å². The van der Waals surface area contributed by atoms with Gasteiger partial charge in [-0.25, -0.2) is 4.79 Å². The topological polar surface area (TPSA) is 75.7 Å². The van der Waals surface area contributed by atoms with Gasteiger partial charge in [-0.2, -0.15) is 0 Å². The number of amides is 2. The van der Waals surface area contributed by atoms with E-state index in [1.807, 2.05) is 42.5 Å². The summed E-state index contributed by atoms with van der Waals surface area (Å²) in [5, 5.41) is 4.27. The highest BCUT2D eigenvalue weighted by Gasteiger charge is 2.39. The molecule has 4 rings (SSSR count). The third kappa shape index (κ3) is 3.82. The smallest absolute Gasteiger partial charge is 0.337 e. The number of anilines is 1. The molecule has 2 amide bonds. The lowest BCUT2D eigenvalue weighted by Gasteiger charge is -2.16. The first kappa shape index (κ1) is 19.0. The maximum Gasteiger partial charge on any atom is 0.337 e. The molecule has 0 radical (unpaired) electrons. The van der Waals surface area contributed by atoms with Crippen LogP contribution < -0.4 is 5.32 Å². The summed E-state index contributed by atoms with van der Waals surface area (Å²) < 4.78 is 4.68. The van der Waals surface area contributed by atoms with Crippen LogP contribution in [0.1, 0.15) is 15.9 Å². The molecule has 1 heterocycles. The number of hydrogen-bond acceptors (Lipinski definition) is 6. The van der Waals surface area contributed by atoms with E-state index in [2.05, 4.69) is 10.1 Å². The van der Waals surface area contributed by atoms with Crippen LogP contribution in [0.15, 0.2) is 66.7 Å². The number of esters is 1. The number of rotatable bonds is 5. The van der Waals surface area contributed by atoms with Crippen molar-refractivity contribution in [1.29, 1.82) is 0 Å². The first-order chi connectivity index (χ1) is 14.1. The van der Waals surface area contributed by atoms with Gasteiger partial charge in [-0.1, -0.05) is 48.5 Å². The van der Waals surface area contributed by atoms with Crippen molar-refractivity contribution < 1.29 is 19.1 Å². The van der Waals surface area contributed by atoms with Crippen LogP contribution in [0.2, 0.25) is 0 Å². The molecule has 1 saturated heterocycles. The molecule has 0 saturated carbocycles. The van der Waals surface area contributed by atoms with Gasteiger partial charge in [0.1, 0.15) is 0 Å². The van der Waals surface area contributed by atoms with Crippen LogP contribution in [-0.2, 0) is 16.1 Å². The molecular weight excluding hydrogens is 388 g/mol. The maximum absolute atomic E-state index is 12.8. The fourth-order valence-electron chi connectivity index (χ4n) is 3.22. The number of carbonyl (C=O) groups excluding carboxylic acids is 3. The third-order valence-electron chi connectivity index (χ3n) is 4.72. The van der Waals surface area contributed by atoms with E-state index in [9.17, 15) is 14.4 Å². The predicted octanol–water partition coefficient (Wildman–Crippen LogP) is 4.26. The van der Waals surface area contributed by atoms with Crippen LogP contribution in [0.25, 0.3) is 10.8 Å². The molecule has 0 aliphatic carbocycles. The first-order valence-electron chi connectivity index (χ1n) is 9.00. The lowest BCUT2D eigenvalue weighted by atomic mass is 10.1. The van der Waals surface area contributed by atoms with Gasteiger partial charge in [-0.05, 0) is 40.9 Å². The second kappa shape index (κ2) is 7.97. The molecule has 7 heteroatoms.